The molecule has 0 spiro atoms. The van der Waals surface area contributed by atoms with Gasteiger partial charge < -0.3 is 10.2 Å². The molecule has 0 aromatic heterocycles. The third kappa shape index (κ3) is 52.7. The third-order valence-electron chi connectivity index (χ3n) is 0.816. The van der Waals surface area contributed by atoms with Crippen LogP contribution in [-0.2, 0) is 10.4 Å². The zero-order chi connectivity index (χ0) is 10.2. The van der Waals surface area contributed by atoms with Crippen LogP contribution in [0.25, 0.3) is 0 Å². The van der Waals surface area contributed by atoms with E-state index in [1.165, 1.54) is 0 Å². The maximum absolute atomic E-state index is 8.74. The predicted octanol–water partition coefficient (Wildman–Crippen LogP) is -0.165. The summed E-state index contributed by atoms with van der Waals surface area (Å²) in [4.78, 5) is 0. The molecule has 0 aliphatic carbocycles. The van der Waals surface area contributed by atoms with E-state index in [9.17, 15) is 0 Å². The van der Waals surface area contributed by atoms with E-state index in [-0.39, 0.29) is 0 Å². The molecule has 12 heavy (non-hydrogen) atoms. The maximum atomic E-state index is 8.74. The highest BCUT2D eigenvalue weighted by atomic mass is 32.3. The van der Waals surface area contributed by atoms with Gasteiger partial charge >= 0.3 is 10.4 Å². The normalized spacial score (nSPS) is 10.8. The minimum absolute atomic E-state index is 0.510. The average Bonchev–Trinajstić information content (AvgIpc) is 1.79. The van der Waals surface area contributed by atoms with E-state index in [1.54, 1.807) is 0 Å². The van der Waals surface area contributed by atoms with E-state index in [0.717, 1.165) is 12.8 Å². The summed E-state index contributed by atoms with van der Waals surface area (Å²) >= 11 is 0. The number of aliphatic hydroxyl groups excluding tert-OH is 1. The summed E-state index contributed by atoms with van der Waals surface area (Å²) in [7, 11) is -4.67. The van der Waals surface area contributed by atoms with Crippen molar-refractivity contribution >= 4 is 10.4 Å². The quantitative estimate of drug-likeness (QED) is 0.373. The lowest BCUT2D eigenvalue weighted by molar-refractivity contribution is -0.0463. The molecule has 6 nitrogen and oxygen atoms in total. The Labute approximate surface area is 71.4 Å². The van der Waals surface area contributed by atoms with Crippen molar-refractivity contribution in [3.63, 3.8) is 0 Å². The minimum Gasteiger partial charge on any atom is -0.368 e. The lowest BCUT2D eigenvalue weighted by Crippen LogP contribution is -2.02. The molecule has 0 saturated heterocycles. The summed E-state index contributed by atoms with van der Waals surface area (Å²) in [6.07, 6.45) is 1.34. The van der Waals surface area contributed by atoms with Crippen molar-refractivity contribution in [1.29, 1.82) is 0 Å². The first-order valence-electron chi connectivity index (χ1n) is 3.33. The molecule has 0 aromatic carbocycles. The van der Waals surface area contributed by atoms with Crippen molar-refractivity contribution in [3.05, 3.63) is 0 Å². The third-order valence-corrected chi connectivity index (χ3v) is 0.816. The van der Waals surface area contributed by atoms with Crippen LogP contribution in [0.5, 0.6) is 0 Å². The summed E-state index contributed by atoms with van der Waals surface area (Å²) in [6, 6.07) is 0. The van der Waals surface area contributed by atoms with E-state index in [4.69, 9.17) is 27.7 Å². The maximum Gasteiger partial charge on any atom is 0.394 e. The van der Waals surface area contributed by atoms with Crippen LogP contribution in [0.2, 0.25) is 0 Å². The van der Waals surface area contributed by atoms with Crippen molar-refractivity contribution in [2.75, 3.05) is 0 Å². The molecule has 0 radical (unpaired) electrons. The van der Waals surface area contributed by atoms with Crippen molar-refractivity contribution in [2.45, 2.75) is 32.5 Å². The Morgan fingerprint density at radius 3 is 1.67 bits per heavy atom. The van der Waals surface area contributed by atoms with Crippen LogP contribution >= 0.6 is 0 Å². The van der Waals surface area contributed by atoms with Crippen LogP contribution in [0.4, 0.5) is 0 Å². The first-order valence-corrected chi connectivity index (χ1v) is 4.73. The van der Waals surface area contributed by atoms with Gasteiger partial charge in [-0.15, -0.1) is 0 Å². The Morgan fingerprint density at radius 2 is 1.58 bits per heavy atom. The second kappa shape index (κ2) is 7.44. The van der Waals surface area contributed by atoms with E-state index >= 15 is 0 Å². The van der Waals surface area contributed by atoms with Crippen molar-refractivity contribution < 1.29 is 27.7 Å². The Bertz CT molecular complexity index is 164. The van der Waals surface area contributed by atoms with E-state index < -0.39 is 16.7 Å². The summed E-state index contributed by atoms with van der Waals surface area (Å²) < 4.78 is 31.6. The molecule has 4 N–H and O–H groups in total. The molecule has 0 aliphatic rings. The highest BCUT2D eigenvalue weighted by Crippen LogP contribution is 1.95. The Hall–Kier alpha value is -0.210. The smallest absolute Gasteiger partial charge is 0.368 e. The molecule has 0 aromatic rings. The molecule has 0 amide bonds. The Morgan fingerprint density at radius 1 is 1.25 bits per heavy atom. The van der Waals surface area contributed by atoms with Gasteiger partial charge in [0.1, 0.15) is 0 Å². The fraction of sp³-hybridized carbons (Fsp3) is 1.00. The van der Waals surface area contributed by atoms with Crippen LogP contribution in [-0.4, -0.2) is 34.0 Å². The van der Waals surface area contributed by atoms with E-state index in [1.807, 2.05) is 6.92 Å². The van der Waals surface area contributed by atoms with Gasteiger partial charge in [-0.25, -0.2) is 0 Å². The van der Waals surface area contributed by atoms with Gasteiger partial charge in [0.05, 0.1) is 0 Å². The van der Waals surface area contributed by atoms with Crippen molar-refractivity contribution in [1.82, 2.24) is 0 Å². The summed E-state index contributed by atoms with van der Waals surface area (Å²) in [5, 5.41) is 16.5. The molecular weight excluding hydrogens is 188 g/mol. The topological polar surface area (TPSA) is 115 Å². The summed E-state index contributed by atoms with van der Waals surface area (Å²) in [5.74, 6) is 0. The van der Waals surface area contributed by atoms with Gasteiger partial charge in [-0.2, -0.15) is 8.42 Å². The monoisotopic (exact) mass is 202 g/mol. The van der Waals surface area contributed by atoms with Gasteiger partial charge in [-0.1, -0.05) is 13.3 Å². The molecule has 0 unspecified atom stereocenters. The van der Waals surface area contributed by atoms with Gasteiger partial charge in [0.25, 0.3) is 0 Å². The van der Waals surface area contributed by atoms with Gasteiger partial charge in [-0.3, -0.25) is 9.11 Å². The standard InChI is InChI=1S/C5H12O2.H2O4S/c1-2-3-4-5(6)7;1-5(2,3)4/h5-7H,2-4H2,1H3;(H2,1,2,3,4). The molecule has 0 saturated carbocycles. The van der Waals surface area contributed by atoms with Gasteiger partial charge in [0.2, 0.25) is 0 Å². The Kier molecular flexibility index (Phi) is 8.88. The van der Waals surface area contributed by atoms with E-state index in [0.29, 0.717) is 6.42 Å². The highest BCUT2D eigenvalue weighted by Gasteiger charge is 1.92. The molecule has 0 atom stereocenters. The number of rotatable bonds is 3. The molecule has 7 heteroatoms. The number of aliphatic hydroxyl groups is 2. The van der Waals surface area contributed by atoms with Crippen molar-refractivity contribution in [2.24, 2.45) is 0 Å². The van der Waals surface area contributed by atoms with Gasteiger partial charge in [0.15, 0.2) is 6.29 Å². The average molecular weight is 202 g/mol. The number of hydrogen-bond acceptors (Lipinski definition) is 4. The number of unbranched alkanes of at least 4 members (excludes halogenated alkanes) is 1. The molecular formula is C5H14O6S. The van der Waals surface area contributed by atoms with Crippen molar-refractivity contribution in [3.8, 4) is 0 Å². The van der Waals surface area contributed by atoms with Gasteiger partial charge in [0, 0.05) is 0 Å². The molecule has 0 heterocycles. The first-order chi connectivity index (χ1) is 5.27. The lowest BCUT2D eigenvalue weighted by Gasteiger charge is -1.97. The minimum atomic E-state index is -4.67. The Balaban J connectivity index is 0. The van der Waals surface area contributed by atoms with Crippen LogP contribution in [0.1, 0.15) is 26.2 Å². The second-order valence-electron chi connectivity index (χ2n) is 2.07. The molecule has 0 bridgehead atoms. The highest BCUT2D eigenvalue weighted by molar-refractivity contribution is 7.79. The van der Waals surface area contributed by atoms with Crippen LogP contribution in [0.15, 0.2) is 0 Å². The summed E-state index contributed by atoms with van der Waals surface area (Å²) in [6.45, 7) is 2.02. The molecule has 0 fully saturated rings. The number of hydrogen-bond donors (Lipinski definition) is 4. The lowest BCUT2D eigenvalue weighted by atomic mass is 10.2. The van der Waals surface area contributed by atoms with Gasteiger partial charge in [-0.05, 0) is 12.8 Å². The molecule has 0 rings (SSSR count). The predicted molar refractivity (Wildman–Crippen MR) is 41.9 cm³/mol. The first kappa shape index (κ1) is 14.3. The van der Waals surface area contributed by atoms with Crippen LogP contribution in [0, 0.1) is 0 Å². The SMILES string of the molecule is CCCCC(O)O.O=S(=O)(O)O. The second-order valence-corrected chi connectivity index (χ2v) is 2.97. The fourth-order valence-corrected chi connectivity index (χ4v) is 0.387. The summed E-state index contributed by atoms with van der Waals surface area (Å²) in [5.41, 5.74) is 0. The van der Waals surface area contributed by atoms with Crippen LogP contribution < -0.4 is 0 Å². The zero-order valence-corrected chi connectivity index (χ0v) is 7.53. The molecule has 0 aliphatic heterocycles. The largest absolute Gasteiger partial charge is 0.394 e. The fourth-order valence-electron chi connectivity index (χ4n) is 0.387. The van der Waals surface area contributed by atoms with E-state index in [2.05, 4.69) is 0 Å². The van der Waals surface area contributed by atoms with Crippen LogP contribution in [0.3, 0.4) is 0 Å². The zero-order valence-electron chi connectivity index (χ0n) is 6.71. The molecule has 76 valence electrons.